The van der Waals surface area contributed by atoms with Crippen molar-refractivity contribution in [2.45, 2.75) is 297 Å². The van der Waals surface area contributed by atoms with Crippen molar-refractivity contribution < 1.29 is 28.6 Å². The van der Waals surface area contributed by atoms with Crippen molar-refractivity contribution in [3.8, 4) is 0 Å². The summed E-state index contributed by atoms with van der Waals surface area (Å²) in [5.74, 6) is -0.914. The predicted octanol–water partition coefficient (Wildman–Crippen LogP) is 22.0. The molecule has 0 aliphatic rings. The smallest absolute Gasteiger partial charge is 0.306 e. The van der Waals surface area contributed by atoms with Gasteiger partial charge in [-0.2, -0.15) is 0 Å². The molecule has 1 unspecified atom stereocenters. The minimum Gasteiger partial charge on any atom is -0.462 e. The molecule has 438 valence electrons. The van der Waals surface area contributed by atoms with Crippen LogP contribution in [0.5, 0.6) is 0 Å². The topological polar surface area (TPSA) is 78.9 Å². The van der Waals surface area contributed by atoms with E-state index in [1.807, 2.05) is 0 Å². The molecule has 0 aromatic carbocycles. The van der Waals surface area contributed by atoms with Crippen molar-refractivity contribution in [3.05, 3.63) is 122 Å². The maximum absolute atomic E-state index is 12.9. The third-order valence-electron chi connectivity index (χ3n) is 13.4. The molecule has 0 heterocycles. The van der Waals surface area contributed by atoms with Gasteiger partial charge in [-0.1, -0.05) is 271 Å². The Balaban J connectivity index is 4.32. The van der Waals surface area contributed by atoms with Crippen LogP contribution < -0.4 is 0 Å². The average molecular weight is 1070 g/mol. The summed E-state index contributed by atoms with van der Waals surface area (Å²) in [7, 11) is 0. The highest BCUT2D eigenvalue weighted by Gasteiger charge is 2.19. The summed E-state index contributed by atoms with van der Waals surface area (Å²) in [6.07, 6.45) is 89.2. The van der Waals surface area contributed by atoms with Gasteiger partial charge in [0.15, 0.2) is 6.10 Å². The molecule has 0 aliphatic heterocycles. The van der Waals surface area contributed by atoms with Crippen LogP contribution in [0.4, 0.5) is 0 Å². The molecular weight excluding hydrogens is 949 g/mol. The number of rotatable bonds is 57. The number of allylic oxidation sites excluding steroid dienone is 20. The summed E-state index contributed by atoms with van der Waals surface area (Å²) < 4.78 is 16.9. The summed E-state index contributed by atoms with van der Waals surface area (Å²) >= 11 is 0. The Morgan fingerprint density at radius 3 is 0.792 bits per heavy atom. The lowest BCUT2D eigenvalue weighted by atomic mass is 10.0. The van der Waals surface area contributed by atoms with Gasteiger partial charge in [-0.3, -0.25) is 14.4 Å². The van der Waals surface area contributed by atoms with Crippen molar-refractivity contribution in [1.82, 2.24) is 0 Å². The molecule has 0 aliphatic carbocycles. The molecule has 0 N–H and O–H groups in total. The van der Waals surface area contributed by atoms with Crippen molar-refractivity contribution in [3.63, 3.8) is 0 Å². The molecule has 0 fully saturated rings. The fourth-order valence-electron chi connectivity index (χ4n) is 8.70. The van der Waals surface area contributed by atoms with Crippen LogP contribution in [-0.2, 0) is 28.6 Å². The normalized spacial score (nSPS) is 12.9. The van der Waals surface area contributed by atoms with E-state index < -0.39 is 6.10 Å². The SMILES string of the molecule is CC/C=C\C/C=C\C/C=C\C/C=C\CCCCCCCCCCCCCCCCC(=O)OCC(COC(=O)CCCCCCC/C=C\C/C=C\CCC)OC(=O)CCCCCCCC/C=C\C/C=C\C/C=C\C/C=C\CC. The van der Waals surface area contributed by atoms with E-state index in [2.05, 4.69) is 142 Å². The molecule has 1 atom stereocenters. The second-order valence-corrected chi connectivity index (χ2v) is 20.9. The molecule has 0 amide bonds. The van der Waals surface area contributed by atoms with E-state index in [1.165, 1.54) is 96.3 Å². The molecule has 6 nitrogen and oxygen atoms in total. The maximum atomic E-state index is 12.9. The van der Waals surface area contributed by atoms with Gasteiger partial charge in [0, 0.05) is 19.3 Å². The molecule has 0 aromatic heterocycles. The van der Waals surface area contributed by atoms with E-state index >= 15 is 0 Å². The van der Waals surface area contributed by atoms with Crippen LogP contribution in [0.15, 0.2) is 122 Å². The van der Waals surface area contributed by atoms with Gasteiger partial charge in [-0.25, -0.2) is 0 Å². The summed E-state index contributed by atoms with van der Waals surface area (Å²) in [6, 6.07) is 0. The van der Waals surface area contributed by atoms with E-state index in [1.54, 1.807) is 0 Å². The lowest BCUT2D eigenvalue weighted by Gasteiger charge is -2.18. The Morgan fingerprint density at radius 1 is 0.273 bits per heavy atom. The standard InChI is InChI=1S/C71H118O6/c1-4-7-10-13-16-19-22-25-27-29-31-32-33-34-35-36-37-38-40-41-43-46-49-52-55-58-61-64-70(73)76-67-68(66-75-69(72)63-60-57-54-51-48-45-24-21-18-15-12-9-6-3)77-71(74)65-62-59-56-53-50-47-44-42-39-30-28-26-23-20-17-14-11-8-5-2/h7-8,10-12,15-17,19-21,24-28,31-32,39,42,68H,4-6,9,13-14,18,22-23,29-30,33-38,40-41,43-67H2,1-3H3/b10-7-,11-8-,15-12-,19-16-,20-17-,24-21-,27-25-,28-26-,32-31-,42-39-. The number of carbonyl (C=O) groups is 3. The number of unbranched alkanes of at least 4 members (excludes halogenated alkanes) is 26. The lowest BCUT2D eigenvalue weighted by Crippen LogP contribution is -2.30. The van der Waals surface area contributed by atoms with E-state index in [-0.39, 0.29) is 31.1 Å². The third kappa shape index (κ3) is 62.5. The zero-order valence-electron chi connectivity index (χ0n) is 50.2. The van der Waals surface area contributed by atoms with Crippen molar-refractivity contribution in [1.29, 1.82) is 0 Å². The summed E-state index contributed by atoms with van der Waals surface area (Å²) in [5.41, 5.74) is 0. The first kappa shape index (κ1) is 72.8. The van der Waals surface area contributed by atoms with Crippen molar-refractivity contribution in [2.24, 2.45) is 0 Å². The highest BCUT2D eigenvalue weighted by Crippen LogP contribution is 2.16. The second-order valence-electron chi connectivity index (χ2n) is 20.9. The summed E-state index contributed by atoms with van der Waals surface area (Å²) in [4.78, 5) is 38.3. The van der Waals surface area contributed by atoms with E-state index in [0.717, 1.165) is 154 Å². The molecule has 0 spiro atoms. The molecule has 0 aromatic rings. The minimum atomic E-state index is -0.795. The zero-order valence-corrected chi connectivity index (χ0v) is 50.2. The van der Waals surface area contributed by atoms with Crippen LogP contribution in [0, 0.1) is 0 Å². The first-order chi connectivity index (χ1) is 38.0. The van der Waals surface area contributed by atoms with E-state index in [4.69, 9.17) is 14.2 Å². The lowest BCUT2D eigenvalue weighted by molar-refractivity contribution is -0.167. The third-order valence-corrected chi connectivity index (χ3v) is 13.4. The quantitative estimate of drug-likeness (QED) is 0.0261. The summed E-state index contributed by atoms with van der Waals surface area (Å²) in [5, 5.41) is 0. The molecule has 0 bridgehead atoms. The average Bonchev–Trinajstić information content (AvgIpc) is 3.43. The Kier molecular flexibility index (Phi) is 60.8. The highest BCUT2D eigenvalue weighted by molar-refractivity contribution is 5.71. The van der Waals surface area contributed by atoms with Crippen LogP contribution in [0.2, 0.25) is 0 Å². The Morgan fingerprint density at radius 2 is 0.506 bits per heavy atom. The number of carbonyl (C=O) groups excluding carboxylic acids is 3. The molecular formula is C71H118O6. The fourth-order valence-corrected chi connectivity index (χ4v) is 8.70. The molecule has 6 heteroatoms. The van der Waals surface area contributed by atoms with E-state index in [0.29, 0.717) is 19.3 Å². The first-order valence-corrected chi connectivity index (χ1v) is 32.0. The molecule has 0 radical (unpaired) electrons. The Bertz CT molecular complexity index is 1600. The molecule has 77 heavy (non-hydrogen) atoms. The van der Waals surface area contributed by atoms with Gasteiger partial charge in [0.1, 0.15) is 13.2 Å². The van der Waals surface area contributed by atoms with Gasteiger partial charge >= 0.3 is 17.9 Å². The number of ether oxygens (including phenoxy) is 3. The molecule has 0 saturated carbocycles. The second kappa shape index (κ2) is 64.3. The number of hydrogen-bond donors (Lipinski definition) is 0. The van der Waals surface area contributed by atoms with Gasteiger partial charge in [-0.15, -0.1) is 0 Å². The minimum absolute atomic E-state index is 0.0900. The predicted molar refractivity (Wildman–Crippen MR) is 334 cm³/mol. The van der Waals surface area contributed by atoms with Gasteiger partial charge < -0.3 is 14.2 Å². The fraction of sp³-hybridized carbons (Fsp3) is 0.676. The molecule has 0 rings (SSSR count). The van der Waals surface area contributed by atoms with Crippen molar-refractivity contribution >= 4 is 17.9 Å². The first-order valence-electron chi connectivity index (χ1n) is 32.0. The van der Waals surface area contributed by atoms with Crippen LogP contribution in [-0.4, -0.2) is 37.2 Å². The largest absolute Gasteiger partial charge is 0.462 e. The highest BCUT2D eigenvalue weighted by atomic mass is 16.6. The van der Waals surface area contributed by atoms with Gasteiger partial charge in [-0.05, 0) is 122 Å². The Hall–Kier alpha value is -4.19. The summed E-state index contributed by atoms with van der Waals surface area (Å²) in [6.45, 7) is 6.34. The zero-order chi connectivity index (χ0) is 55.7. The van der Waals surface area contributed by atoms with Crippen LogP contribution >= 0.6 is 0 Å². The van der Waals surface area contributed by atoms with Gasteiger partial charge in [0.25, 0.3) is 0 Å². The Labute approximate surface area is 475 Å². The van der Waals surface area contributed by atoms with Crippen LogP contribution in [0.3, 0.4) is 0 Å². The van der Waals surface area contributed by atoms with Gasteiger partial charge in [0.2, 0.25) is 0 Å². The van der Waals surface area contributed by atoms with Crippen LogP contribution in [0.25, 0.3) is 0 Å². The van der Waals surface area contributed by atoms with Crippen molar-refractivity contribution in [2.75, 3.05) is 13.2 Å². The van der Waals surface area contributed by atoms with Gasteiger partial charge in [0.05, 0.1) is 0 Å². The maximum Gasteiger partial charge on any atom is 0.306 e. The van der Waals surface area contributed by atoms with E-state index in [9.17, 15) is 14.4 Å². The van der Waals surface area contributed by atoms with Crippen LogP contribution in [0.1, 0.15) is 290 Å². The number of esters is 3. The molecule has 0 saturated heterocycles. The monoisotopic (exact) mass is 1070 g/mol. The number of hydrogen-bond acceptors (Lipinski definition) is 6.